The van der Waals surface area contributed by atoms with Crippen molar-refractivity contribution in [2.45, 2.75) is 39.5 Å². The van der Waals surface area contributed by atoms with Gasteiger partial charge in [0.15, 0.2) is 0 Å². The van der Waals surface area contributed by atoms with Crippen LogP contribution in [-0.2, 0) is 4.79 Å². The number of carbonyl (C=O) groups is 1. The fourth-order valence-corrected chi connectivity index (χ4v) is 2.12. The van der Waals surface area contributed by atoms with Gasteiger partial charge in [-0.3, -0.25) is 4.79 Å². The average molecular weight is 183 g/mol. The molecule has 0 bridgehead atoms. The van der Waals surface area contributed by atoms with Gasteiger partial charge in [0.05, 0.1) is 0 Å². The van der Waals surface area contributed by atoms with Crippen LogP contribution in [0.5, 0.6) is 0 Å². The van der Waals surface area contributed by atoms with Crippen LogP contribution in [0, 0.1) is 11.8 Å². The van der Waals surface area contributed by atoms with Crippen LogP contribution in [-0.4, -0.2) is 18.9 Å². The van der Waals surface area contributed by atoms with Crippen molar-refractivity contribution < 1.29 is 4.79 Å². The number of ketones is 1. The normalized spacial score (nSPS) is 28.8. The third-order valence-electron chi connectivity index (χ3n) is 3.10. The Morgan fingerprint density at radius 1 is 1.31 bits per heavy atom. The molecule has 0 saturated heterocycles. The molecule has 0 aromatic heterocycles. The number of rotatable bonds is 4. The van der Waals surface area contributed by atoms with E-state index >= 15 is 0 Å². The molecule has 1 aliphatic rings. The van der Waals surface area contributed by atoms with E-state index in [0.717, 1.165) is 31.8 Å². The van der Waals surface area contributed by atoms with Crippen molar-refractivity contribution in [1.82, 2.24) is 5.32 Å². The lowest BCUT2D eigenvalue weighted by Crippen LogP contribution is -2.28. The molecule has 0 amide bonds. The molecule has 76 valence electrons. The van der Waals surface area contributed by atoms with Gasteiger partial charge in [-0.15, -0.1) is 0 Å². The van der Waals surface area contributed by atoms with E-state index < -0.39 is 0 Å². The van der Waals surface area contributed by atoms with E-state index in [1.54, 1.807) is 6.92 Å². The molecule has 1 rings (SSSR count). The molecule has 0 heterocycles. The zero-order chi connectivity index (χ0) is 9.68. The lowest BCUT2D eigenvalue weighted by atomic mass is 9.80. The minimum atomic E-state index is 0.373. The molecule has 1 aliphatic carbocycles. The molecule has 1 saturated carbocycles. The summed E-state index contributed by atoms with van der Waals surface area (Å²) in [6.07, 6.45) is 4.70. The first kappa shape index (κ1) is 10.7. The summed E-state index contributed by atoms with van der Waals surface area (Å²) in [5.74, 6) is 1.58. The van der Waals surface area contributed by atoms with Crippen LogP contribution in [0.15, 0.2) is 0 Å². The molecule has 13 heavy (non-hydrogen) atoms. The van der Waals surface area contributed by atoms with Crippen LogP contribution in [0.3, 0.4) is 0 Å². The lowest BCUT2D eigenvalue weighted by molar-refractivity contribution is -0.121. The van der Waals surface area contributed by atoms with E-state index in [1.165, 1.54) is 12.8 Å². The minimum absolute atomic E-state index is 0.373. The van der Waals surface area contributed by atoms with Gasteiger partial charge in [0, 0.05) is 5.92 Å². The topological polar surface area (TPSA) is 29.1 Å². The predicted molar refractivity (Wildman–Crippen MR) is 54.7 cm³/mol. The summed E-state index contributed by atoms with van der Waals surface area (Å²) in [6.45, 7) is 6.07. The maximum absolute atomic E-state index is 11.1. The molecule has 0 aromatic rings. The fourth-order valence-electron chi connectivity index (χ4n) is 2.12. The van der Waals surface area contributed by atoms with Crippen molar-refractivity contribution >= 4 is 5.78 Å². The highest BCUT2D eigenvalue weighted by atomic mass is 16.1. The largest absolute Gasteiger partial charge is 0.317 e. The maximum Gasteiger partial charge on any atom is 0.132 e. The van der Waals surface area contributed by atoms with E-state index in [0.29, 0.717) is 11.7 Å². The molecule has 0 atom stereocenters. The Hall–Kier alpha value is -0.370. The second-order valence-corrected chi connectivity index (χ2v) is 4.14. The van der Waals surface area contributed by atoms with Gasteiger partial charge in [0.25, 0.3) is 0 Å². The average Bonchev–Trinajstić information content (AvgIpc) is 2.15. The molecular weight excluding hydrogens is 162 g/mol. The fraction of sp³-hybridized carbons (Fsp3) is 0.909. The highest BCUT2D eigenvalue weighted by molar-refractivity contribution is 5.78. The van der Waals surface area contributed by atoms with Gasteiger partial charge in [0.2, 0.25) is 0 Å². The van der Waals surface area contributed by atoms with E-state index in [1.807, 2.05) is 0 Å². The SMILES string of the molecule is CCNCC1CCC(C(C)=O)CC1. The summed E-state index contributed by atoms with van der Waals surface area (Å²) in [5, 5.41) is 3.38. The molecule has 0 aliphatic heterocycles. The van der Waals surface area contributed by atoms with E-state index in [4.69, 9.17) is 0 Å². The smallest absolute Gasteiger partial charge is 0.132 e. The summed E-state index contributed by atoms with van der Waals surface area (Å²) in [7, 11) is 0. The van der Waals surface area contributed by atoms with Crippen LogP contribution in [0.25, 0.3) is 0 Å². The molecule has 1 fully saturated rings. The van der Waals surface area contributed by atoms with E-state index in [9.17, 15) is 4.79 Å². The standard InChI is InChI=1S/C11H21NO/c1-3-12-8-10-4-6-11(7-5-10)9(2)13/h10-12H,3-8H2,1-2H3. The van der Waals surface area contributed by atoms with Gasteiger partial charge in [-0.05, 0) is 51.6 Å². The molecule has 2 heteroatoms. The number of hydrogen-bond acceptors (Lipinski definition) is 2. The number of nitrogens with one attached hydrogen (secondary N) is 1. The van der Waals surface area contributed by atoms with Crippen molar-refractivity contribution in [3.8, 4) is 0 Å². The Labute approximate surface area is 81.1 Å². The van der Waals surface area contributed by atoms with Crippen LogP contribution < -0.4 is 5.32 Å². The Morgan fingerprint density at radius 2 is 1.92 bits per heavy atom. The third kappa shape index (κ3) is 3.47. The van der Waals surface area contributed by atoms with Crippen molar-refractivity contribution in [2.75, 3.05) is 13.1 Å². The molecule has 0 radical (unpaired) electrons. The summed E-state index contributed by atoms with van der Waals surface area (Å²) in [4.78, 5) is 11.1. The van der Waals surface area contributed by atoms with Gasteiger partial charge < -0.3 is 5.32 Å². The summed E-state index contributed by atoms with van der Waals surface area (Å²) in [6, 6.07) is 0. The summed E-state index contributed by atoms with van der Waals surface area (Å²) >= 11 is 0. The van der Waals surface area contributed by atoms with Crippen LogP contribution in [0.4, 0.5) is 0 Å². The molecule has 0 spiro atoms. The van der Waals surface area contributed by atoms with Gasteiger partial charge in [0.1, 0.15) is 5.78 Å². The Bertz CT molecular complexity index is 159. The first-order valence-corrected chi connectivity index (χ1v) is 5.45. The van der Waals surface area contributed by atoms with Crippen molar-refractivity contribution in [3.05, 3.63) is 0 Å². The first-order valence-electron chi connectivity index (χ1n) is 5.45. The van der Waals surface area contributed by atoms with Crippen molar-refractivity contribution in [1.29, 1.82) is 0 Å². The lowest BCUT2D eigenvalue weighted by Gasteiger charge is -2.26. The zero-order valence-electron chi connectivity index (χ0n) is 8.81. The van der Waals surface area contributed by atoms with Gasteiger partial charge in [-0.1, -0.05) is 6.92 Å². The van der Waals surface area contributed by atoms with Crippen LogP contribution >= 0.6 is 0 Å². The maximum atomic E-state index is 11.1. The summed E-state index contributed by atoms with van der Waals surface area (Å²) in [5.41, 5.74) is 0. The molecule has 0 aromatic carbocycles. The van der Waals surface area contributed by atoms with Gasteiger partial charge in [-0.2, -0.15) is 0 Å². The van der Waals surface area contributed by atoms with Crippen molar-refractivity contribution in [3.63, 3.8) is 0 Å². The van der Waals surface area contributed by atoms with Crippen LogP contribution in [0.1, 0.15) is 39.5 Å². The molecule has 0 unspecified atom stereocenters. The Morgan fingerprint density at radius 3 is 2.38 bits per heavy atom. The second kappa shape index (κ2) is 5.38. The monoisotopic (exact) mass is 183 g/mol. The molecule has 2 nitrogen and oxygen atoms in total. The zero-order valence-corrected chi connectivity index (χ0v) is 8.81. The third-order valence-corrected chi connectivity index (χ3v) is 3.10. The first-order chi connectivity index (χ1) is 6.24. The number of carbonyl (C=O) groups excluding carboxylic acids is 1. The number of hydrogen-bond donors (Lipinski definition) is 1. The van der Waals surface area contributed by atoms with Crippen molar-refractivity contribution in [2.24, 2.45) is 11.8 Å². The molecule has 1 N–H and O–H groups in total. The van der Waals surface area contributed by atoms with Gasteiger partial charge in [-0.25, -0.2) is 0 Å². The minimum Gasteiger partial charge on any atom is -0.317 e. The highest BCUT2D eigenvalue weighted by Gasteiger charge is 2.23. The second-order valence-electron chi connectivity index (χ2n) is 4.14. The quantitative estimate of drug-likeness (QED) is 0.722. The van der Waals surface area contributed by atoms with E-state index in [-0.39, 0.29) is 0 Å². The number of Topliss-reactive ketones (excluding diaryl/α,β-unsaturated/α-hetero) is 1. The Balaban J connectivity index is 2.18. The summed E-state index contributed by atoms with van der Waals surface area (Å²) < 4.78 is 0. The van der Waals surface area contributed by atoms with Crippen LogP contribution in [0.2, 0.25) is 0 Å². The van der Waals surface area contributed by atoms with Gasteiger partial charge >= 0.3 is 0 Å². The molecular formula is C11H21NO. The van der Waals surface area contributed by atoms with E-state index in [2.05, 4.69) is 12.2 Å². The highest BCUT2D eigenvalue weighted by Crippen LogP contribution is 2.28. The Kier molecular flexibility index (Phi) is 4.43. The predicted octanol–water partition coefficient (Wildman–Crippen LogP) is 1.99.